The normalized spacial score (nSPS) is 13.5. The number of carbonyl (C=O) groups excluding carboxylic acids is 1. The van der Waals surface area contributed by atoms with Gasteiger partial charge in [0.1, 0.15) is 11.5 Å². The van der Waals surface area contributed by atoms with Gasteiger partial charge in [0.2, 0.25) is 0 Å². The first-order valence-electron chi connectivity index (χ1n) is 7.88. The van der Waals surface area contributed by atoms with E-state index in [1.807, 2.05) is 0 Å². The second-order valence-corrected chi connectivity index (χ2v) is 6.67. The molecule has 5 nitrogen and oxygen atoms in total. The van der Waals surface area contributed by atoms with Gasteiger partial charge in [-0.3, -0.25) is 9.59 Å². The van der Waals surface area contributed by atoms with Crippen LogP contribution in [0.2, 0.25) is 0 Å². The molecule has 2 rings (SSSR count). The topological polar surface area (TPSA) is 83.0 Å². The Kier molecular flexibility index (Phi) is 5.36. The van der Waals surface area contributed by atoms with E-state index in [2.05, 4.69) is 9.97 Å². The summed E-state index contributed by atoms with van der Waals surface area (Å²) in [6.45, 7) is 4.47. The Hall–Kier alpha value is -2.48. The van der Waals surface area contributed by atoms with Gasteiger partial charge in [0.15, 0.2) is 5.78 Å². The van der Waals surface area contributed by atoms with Gasteiger partial charge < -0.3 is 10.1 Å². The Morgan fingerprint density at radius 2 is 1.81 bits per heavy atom. The molecule has 0 aliphatic carbocycles. The van der Waals surface area contributed by atoms with Crippen LogP contribution in [0.15, 0.2) is 35.1 Å². The summed E-state index contributed by atoms with van der Waals surface area (Å²) in [5, 5.41) is 10.4. The summed E-state index contributed by atoms with van der Waals surface area (Å²) in [6.07, 6.45) is -4.67. The number of aromatic nitrogens is 2. The Bertz CT molecular complexity index is 850. The smallest absolute Gasteiger partial charge is 0.390 e. The third kappa shape index (κ3) is 4.78. The summed E-state index contributed by atoms with van der Waals surface area (Å²) in [6, 6.07) is 5.37. The number of nitrogens with zero attached hydrogens (tertiary/aromatic N) is 1. The Morgan fingerprint density at radius 3 is 2.27 bits per heavy atom. The maximum Gasteiger partial charge on any atom is 0.416 e. The van der Waals surface area contributed by atoms with Crippen LogP contribution < -0.4 is 5.56 Å². The van der Waals surface area contributed by atoms with Crippen molar-refractivity contribution in [2.75, 3.05) is 0 Å². The highest BCUT2D eigenvalue weighted by atomic mass is 19.4. The number of ketones is 1. The molecular weight excluding hydrogens is 349 g/mol. The van der Waals surface area contributed by atoms with Gasteiger partial charge in [-0.1, -0.05) is 12.1 Å². The lowest BCUT2D eigenvalue weighted by molar-refractivity contribution is -0.137. The van der Waals surface area contributed by atoms with E-state index in [1.54, 1.807) is 0 Å². The van der Waals surface area contributed by atoms with Crippen LogP contribution in [-0.4, -0.2) is 26.5 Å². The number of nitrogens with one attached hydrogen (secondary N) is 1. The molecular formula is C18H19F3N2O3. The number of rotatable bonds is 5. The highest BCUT2D eigenvalue weighted by Crippen LogP contribution is 2.35. The summed E-state index contributed by atoms with van der Waals surface area (Å²) in [5.41, 5.74) is -2.32. The number of carbonyl (C=O) groups is 1. The quantitative estimate of drug-likeness (QED) is 0.794. The lowest BCUT2D eigenvalue weighted by Gasteiger charge is -2.29. The fourth-order valence-electron chi connectivity index (χ4n) is 2.69. The zero-order valence-electron chi connectivity index (χ0n) is 14.5. The lowest BCUT2D eigenvalue weighted by atomic mass is 9.80. The molecule has 1 aromatic carbocycles. The van der Waals surface area contributed by atoms with Gasteiger partial charge in [0.05, 0.1) is 11.2 Å². The number of alkyl halides is 3. The standard InChI is InChI=1S/C18H19F3N2O3/c1-10-22-14(9-16(25)23-10)15(24)8-13(17(2,3)26)11-4-6-12(7-5-11)18(19,20)21/h4-7,9,13,26H,8H2,1-3H3,(H,22,23,25)/t13-/m1/s1. The molecule has 8 heteroatoms. The number of aromatic amines is 1. The van der Waals surface area contributed by atoms with Gasteiger partial charge in [-0.25, -0.2) is 4.98 Å². The average molecular weight is 368 g/mol. The Labute approximate surface area is 147 Å². The highest BCUT2D eigenvalue weighted by Gasteiger charge is 2.33. The minimum Gasteiger partial charge on any atom is -0.390 e. The van der Waals surface area contributed by atoms with Crippen LogP contribution >= 0.6 is 0 Å². The first-order valence-corrected chi connectivity index (χ1v) is 7.88. The fourth-order valence-corrected chi connectivity index (χ4v) is 2.69. The van der Waals surface area contributed by atoms with E-state index < -0.39 is 34.6 Å². The van der Waals surface area contributed by atoms with E-state index in [0.717, 1.165) is 18.2 Å². The first kappa shape index (κ1) is 19.8. The van der Waals surface area contributed by atoms with Crippen LogP contribution in [0.4, 0.5) is 13.2 Å². The van der Waals surface area contributed by atoms with Crippen molar-refractivity contribution in [1.82, 2.24) is 9.97 Å². The molecule has 0 saturated heterocycles. The monoisotopic (exact) mass is 368 g/mol. The van der Waals surface area contributed by atoms with Gasteiger partial charge >= 0.3 is 6.18 Å². The molecule has 0 fully saturated rings. The van der Waals surface area contributed by atoms with E-state index in [9.17, 15) is 27.9 Å². The van der Waals surface area contributed by atoms with Gasteiger partial charge in [0, 0.05) is 18.4 Å². The van der Waals surface area contributed by atoms with Gasteiger partial charge in [-0.2, -0.15) is 13.2 Å². The van der Waals surface area contributed by atoms with E-state index in [4.69, 9.17) is 0 Å². The number of aliphatic hydroxyl groups is 1. The highest BCUT2D eigenvalue weighted by molar-refractivity contribution is 5.94. The molecule has 0 aliphatic heterocycles. The minimum atomic E-state index is -4.47. The van der Waals surface area contributed by atoms with Gasteiger partial charge in [0.25, 0.3) is 5.56 Å². The van der Waals surface area contributed by atoms with Crippen molar-refractivity contribution in [2.45, 2.75) is 44.9 Å². The van der Waals surface area contributed by atoms with Crippen LogP contribution in [0.3, 0.4) is 0 Å². The number of H-pyrrole nitrogens is 1. The summed E-state index contributed by atoms with van der Waals surface area (Å²) >= 11 is 0. The molecule has 0 bridgehead atoms. The molecule has 0 spiro atoms. The fraction of sp³-hybridized carbons (Fsp3) is 0.389. The lowest BCUT2D eigenvalue weighted by Crippen LogP contribution is -2.31. The SMILES string of the molecule is Cc1nc(C(=O)C[C@H](c2ccc(C(F)(F)F)cc2)C(C)(C)O)cc(=O)[nH]1. The van der Waals surface area contributed by atoms with Crippen molar-refractivity contribution in [3.05, 3.63) is 63.3 Å². The third-order valence-electron chi connectivity index (χ3n) is 4.03. The van der Waals surface area contributed by atoms with Crippen molar-refractivity contribution >= 4 is 5.78 Å². The van der Waals surface area contributed by atoms with Crippen LogP contribution in [0.1, 0.15) is 53.6 Å². The molecule has 140 valence electrons. The maximum atomic E-state index is 12.7. The van der Waals surface area contributed by atoms with Crippen LogP contribution in [-0.2, 0) is 6.18 Å². The molecule has 2 N–H and O–H groups in total. The zero-order valence-corrected chi connectivity index (χ0v) is 14.5. The number of hydrogen-bond acceptors (Lipinski definition) is 4. The minimum absolute atomic E-state index is 0.0487. The summed E-state index contributed by atoms with van der Waals surface area (Å²) < 4.78 is 38.2. The van der Waals surface area contributed by atoms with Crippen molar-refractivity contribution in [3.63, 3.8) is 0 Å². The summed E-state index contributed by atoms with van der Waals surface area (Å²) in [7, 11) is 0. The molecule has 0 radical (unpaired) electrons. The Morgan fingerprint density at radius 1 is 1.23 bits per heavy atom. The van der Waals surface area contributed by atoms with E-state index in [-0.39, 0.29) is 17.9 Å². The van der Waals surface area contributed by atoms with E-state index >= 15 is 0 Å². The molecule has 0 unspecified atom stereocenters. The third-order valence-corrected chi connectivity index (χ3v) is 4.03. The van der Waals surface area contributed by atoms with Crippen molar-refractivity contribution < 1.29 is 23.1 Å². The molecule has 1 heterocycles. The average Bonchev–Trinajstić information content (AvgIpc) is 2.49. The van der Waals surface area contributed by atoms with Crippen LogP contribution in [0.5, 0.6) is 0 Å². The summed E-state index contributed by atoms with van der Waals surface area (Å²) in [4.78, 5) is 30.4. The number of benzene rings is 1. The second kappa shape index (κ2) is 7.03. The molecule has 1 aromatic heterocycles. The van der Waals surface area contributed by atoms with E-state index in [1.165, 1.54) is 32.9 Å². The zero-order chi connectivity index (χ0) is 19.7. The number of aryl methyl sites for hydroxylation is 1. The van der Waals surface area contributed by atoms with Crippen molar-refractivity contribution in [3.8, 4) is 0 Å². The first-order chi connectivity index (χ1) is 11.9. The largest absolute Gasteiger partial charge is 0.416 e. The number of hydrogen-bond donors (Lipinski definition) is 2. The number of Topliss-reactive ketones (excluding diaryl/α,β-unsaturated/α-hetero) is 1. The molecule has 2 aromatic rings. The maximum absolute atomic E-state index is 12.7. The van der Waals surface area contributed by atoms with Gasteiger partial charge in [-0.15, -0.1) is 0 Å². The number of halogens is 3. The van der Waals surface area contributed by atoms with Crippen molar-refractivity contribution in [1.29, 1.82) is 0 Å². The Balaban J connectivity index is 2.34. The molecule has 1 atom stereocenters. The van der Waals surface area contributed by atoms with E-state index in [0.29, 0.717) is 5.56 Å². The molecule has 0 amide bonds. The van der Waals surface area contributed by atoms with Crippen molar-refractivity contribution in [2.24, 2.45) is 0 Å². The molecule has 0 saturated carbocycles. The van der Waals surface area contributed by atoms with Crippen LogP contribution in [0, 0.1) is 6.92 Å². The second-order valence-electron chi connectivity index (χ2n) is 6.67. The molecule has 0 aliphatic rings. The van der Waals surface area contributed by atoms with Gasteiger partial charge in [-0.05, 0) is 38.5 Å². The summed E-state index contributed by atoms with van der Waals surface area (Å²) in [5.74, 6) is -0.972. The van der Waals surface area contributed by atoms with Crippen LogP contribution in [0.25, 0.3) is 0 Å². The predicted molar refractivity (Wildman–Crippen MR) is 89.0 cm³/mol. The predicted octanol–water partition coefficient (Wildman–Crippen LogP) is 3.22. The molecule has 26 heavy (non-hydrogen) atoms.